The number of benzene rings is 1. The lowest BCUT2D eigenvalue weighted by Gasteiger charge is -2.21. The number of rotatable bonds is 4. The summed E-state index contributed by atoms with van der Waals surface area (Å²) >= 11 is 1.42. The Morgan fingerprint density at radius 1 is 1.20 bits per heavy atom. The number of nitrogens with zero attached hydrogens (tertiary/aromatic N) is 2. The molecule has 0 spiro atoms. The molecule has 1 aliphatic carbocycles. The van der Waals surface area contributed by atoms with E-state index in [1.807, 2.05) is 30.3 Å². The quantitative estimate of drug-likeness (QED) is 0.807. The van der Waals surface area contributed by atoms with Gasteiger partial charge in [-0.2, -0.15) is 5.26 Å². The second-order valence-corrected chi connectivity index (χ2v) is 8.48. The SMILES string of the molecule is N#Cc1c(NC(=O)[C@@H]2CCC(=O)N2C(=O)OCc2ccccc2)sc2c1CCCC2. The van der Waals surface area contributed by atoms with Crippen molar-refractivity contribution in [2.24, 2.45) is 0 Å². The molecule has 0 bridgehead atoms. The first-order valence-electron chi connectivity index (χ1n) is 9.96. The summed E-state index contributed by atoms with van der Waals surface area (Å²) in [5.74, 6) is -0.896. The Morgan fingerprint density at radius 3 is 2.73 bits per heavy atom. The molecule has 3 amide bonds. The van der Waals surface area contributed by atoms with E-state index in [4.69, 9.17) is 4.74 Å². The van der Waals surface area contributed by atoms with Gasteiger partial charge in [0.15, 0.2) is 0 Å². The van der Waals surface area contributed by atoms with E-state index in [0.717, 1.165) is 46.6 Å². The summed E-state index contributed by atoms with van der Waals surface area (Å²) in [6.07, 6.45) is 3.36. The zero-order valence-electron chi connectivity index (χ0n) is 16.3. The number of nitriles is 1. The van der Waals surface area contributed by atoms with Crippen molar-refractivity contribution in [2.75, 3.05) is 5.32 Å². The zero-order chi connectivity index (χ0) is 21.1. The monoisotopic (exact) mass is 423 g/mol. The molecule has 1 N–H and O–H groups in total. The van der Waals surface area contributed by atoms with Crippen LogP contribution in [-0.2, 0) is 33.8 Å². The van der Waals surface area contributed by atoms with Gasteiger partial charge in [0.25, 0.3) is 0 Å². The van der Waals surface area contributed by atoms with Crippen LogP contribution in [0.1, 0.15) is 47.3 Å². The van der Waals surface area contributed by atoms with Crippen LogP contribution in [0.3, 0.4) is 0 Å². The molecule has 8 heteroatoms. The van der Waals surface area contributed by atoms with Crippen molar-refractivity contribution in [1.29, 1.82) is 5.26 Å². The first-order valence-corrected chi connectivity index (χ1v) is 10.8. The summed E-state index contributed by atoms with van der Waals surface area (Å²) in [4.78, 5) is 39.8. The van der Waals surface area contributed by atoms with E-state index in [2.05, 4.69) is 11.4 Å². The number of imide groups is 1. The molecule has 0 unspecified atom stereocenters. The molecule has 1 aliphatic heterocycles. The van der Waals surface area contributed by atoms with Crippen LogP contribution in [-0.4, -0.2) is 28.8 Å². The second kappa shape index (κ2) is 8.67. The highest BCUT2D eigenvalue weighted by atomic mass is 32.1. The number of hydrogen-bond donors (Lipinski definition) is 1. The largest absolute Gasteiger partial charge is 0.444 e. The number of anilines is 1. The van der Waals surface area contributed by atoms with E-state index < -0.39 is 23.9 Å². The van der Waals surface area contributed by atoms with E-state index in [-0.39, 0.29) is 19.4 Å². The Bertz CT molecular complexity index is 1020. The maximum absolute atomic E-state index is 12.9. The van der Waals surface area contributed by atoms with Crippen LogP contribution in [0.5, 0.6) is 0 Å². The standard InChI is InChI=1S/C22H21N3O4S/c23-12-16-15-8-4-5-9-18(15)30-21(16)24-20(27)17-10-11-19(26)25(17)22(28)29-13-14-6-2-1-3-7-14/h1-3,6-7,17H,4-5,8-11,13H2,(H,24,27)/t17-/m0/s1. The molecule has 154 valence electrons. The second-order valence-electron chi connectivity index (χ2n) is 7.37. The predicted molar refractivity (Wildman–Crippen MR) is 111 cm³/mol. The van der Waals surface area contributed by atoms with Crippen LogP contribution < -0.4 is 5.32 Å². The van der Waals surface area contributed by atoms with Crippen LogP contribution in [0.25, 0.3) is 0 Å². The fourth-order valence-electron chi connectivity index (χ4n) is 3.92. The van der Waals surface area contributed by atoms with Gasteiger partial charge >= 0.3 is 6.09 Å². The van der Waals surface area contributed by atoms with Crippen LogP contribution in [0, 0.1) is 11.3 Å². The van der Waals surface area contributed by atoms with Crippen LogP contribution in [0.2, 0.25) is 0 Å². The Labute approximate surface area is 178 Å². The van der Waals surface area contributed by atoms with Gasteiger partial charge in [0, 0.05) is 11.3 Å². The Kier molecular flexibility index (Phi) is 5.81. The molecular weight excluding hydrogens is 402 g/mol. The number of aryl methyl sites for hydroxylation is 1. The first-order chi connectivity index (χ1) is 14.6. The molecule has 2 heterocycles. The number of ether oxygens (including phenoxy) is 1. The summed E-state index contributed by atoms with van der Waals surface area (Å²) in [6.45, 7) is 0.0218. The molecule has 2 aliphatic rings. The van der Waals surface area contributed by atoms with Gasteiger partial charge in [0.1, 0.15) is 23.7 Å². The Hall–Kier alpha value is -3.18. The van der Waals surface area contributed by atoms with Gasteiger partial charge in [-0.25, -0.2) is 9.69 Å². The number of thiophene rings is 1. The van der Waals surface area contributed by atoms with Gasteiger partial charge in [-0.3, -0.25) is 9.59 Å². The Morgan fingerprint density at radius 2 is 1.97 bits per heavy atom. The van der Waals surface area contributed by atoms with E-state index >= 15 is 0 Å². The molecular formula is C22H21N3O4S. The molecule has 2 aromatic rings. The summed E-state index contributed by atoms with van der Waals surface area (Å²) in [5, 5.41) is 12.9. The molecule has 1 aromatic carbocycles. The smallest absolute Gasteiger partial charge is 0.417 e. The minimum atomic E-state index is -0.938. The molecule has 1 atom stereocenters. The van der Waals surface area contributed by atoms with E-state index in [0.29, 0.717) is 10.6 Å². The van der Waals surface area contributed by atoms with Gasteiger partial charge in [-0.15, -0.1) is 11.3 Å². The summed E-state index contributed by atoms with van der Waals surface area (Å²) in [5.41, 5.74) is 2.32. The maximum Gasteiger partial charge on any atom is 0.417 e. The highest BCUT2D eigenvalue weighted by Gasteiger charge is 2.41. The number of carbonyl (C=O) groups excluding carboxylic acids is 3. The van der Waals surface area contributed by atoms with Crippen molar-refractivity contribution in [3.05, 3.63) is 51.9 Å². The molecule has 30 heavy (non-hydrogen) atoms. The lowest BCUT2D eigenvalue weighted by atomic mass is 9.96. The molecule has 0 saturated carbocycles. The van der Waals surface area contributed by atoms with Crippen molar-refractivity contribution < 1.29 is 19.1 Å². The summed E-state index contributed by atoms with van der Waals surface area (Å²) in [6, 6.07) is 10.4. The normalized spacial score (nSPS) is 17.9. The lowest BCUT2D eigenvalue weighted by molar-refractivity contribution is -0.131. The molecule has 1 fully saturated rings. The third-order valence-corrected chi connectivity index (χ3v) is 6.64. The fraction of sp³-hybridized carbons (Fsp3) is 0.364. The molecule has 0 radical (unpaired) electrons. The van der Waals surface area contributed by atoms with Gasteiger partial charge in [0.2, 0.25) is 11.8 Å². The highest BCUT2D eigenvalue weighted by Crippen LogP contribution is 2.38. The van der Waals surface area contributed by atoms with Crippen molar-refractivity contribution >= 4 is 34.2 Å². The first kappa shape index (κ1) is 20.1. The third-order valence-electron chi connectivity index (χ3n) is 5.44. The van der Waals surface area contributed by atoms with E-state index in [1.165, 1.54) is 11.3 Å². The van der Waals surface area contributed by atoms with Crippen LogP contribution in [0.4, 0.5) is 9.80 Å². The third kappa shape index (κ3) is 3.94. The van der Waals surface area contributed by atoms with Gasteiger partial charge < -0.3 is 10.1 Å². The average molecular weight is 423 g/mol. The lowest BCUT2D eigenvalue weighted by Crippen LogP contribution is -2.45. The number of amides is 3. The minimum absolute atomic E-state index is 0.0218. The van der Waals surface area contributed by atoms with Gasteiger partial charge in [0.05, 0.1) is 5.56 Å². The summed E-state index contributed by atoms with van der Waals surface area (Å²) in [7, 11) is 0. The van der Waals surface area contributed by atoms with Crippen molar-refractivity contribution in [3.8, 4) is 6.07 Å². The van der Waals surface area contributed by atoms with Crippen molar-refractivity contribution in [3.63, 3.8) is 0 Å². The maximum atomic E-state index is 12.9. The summed E-state index contributed by atoms with van der Waals surface area (Å²) < 4.78 is 5.26. The van der Waals surface area contributed by atoms with Crippen LogP contribution >= 0.6 is 11.3 Å². The van der Waals surface area contributed by atoms with E-state index in [1.54, 1.807) is 0 Å². The molecule has 1 aromatic heterocycles. The molecule has 4 rings (SSSR count). The number of nitrogens with one attached hydrogen (secondary N) is 1. The predicted octanol–water partition coefficient (Wildman–Crippen LogP) is 3.76. The van der Waals surface area contributed by atoms with Crippen molar-refractivity contribution in [1.82, 2.24) is 4.90 Å². The van der Waals surface area contributed by atoms with Crippen LogP contribution in [0.15, 0.2) is 30.3 Å². The highest BCUT2D eigenvalue weighted by molar-refractivity contribution is 7.16. The molecule has 7 nitrogen and oxygen atoms in total. The number of fused-ring (bicyclic) bond motifs is 1. The number of likely N-dealkylation sites (tertiary alicyclic amines) is 1. The minimum Gasteiger partial charge on any atom is -0.444 e. The van der Waals surface area contributed by atoms with Gasteiger partial charge in [-0.1, -0.05) is 30.3 Å². The number of carbonyl (C=O) groups is 3. The molecule has 1 saturated heterocycles. The van der Waals surface area contributed by atoms with Gasteiger partial charge in [-0.05, 0) is 43.2 Å². The Balaban J connectivity index is 1.47. The average Bonchev–Trinajstić information content (AvgIpc) is 3.32. The fourth-order valence-corrected chi connectivity index (χ4v) is 5.16. The van der Waals surface area contributed by atoms with E-state index in [9.17, 15) is 19.6 Å². The number of hydrogen-bond acceptors (Lipinski definition) is 6. The topological polar surface area (TPSA) is 99.5 Å². The zero-order valence-corrected chi connectivity index (χ0v) is 17.2. The van der Waals surface area contributed by atoms with Crippen molar-refractivity contribution in [2.45, 2.75) is 51.2 Å².